The van der Waals surface area contributed by atoms with Crippen molar-refractivity contribution in [3.63, 3.8) is 0 Å². The Bertz CT molecular complexity index is 946. The van der Waals surface area contributed by atoms with E-state index in [2.05, 4.69) is 31.6 Å². The number of rotatable bonds is 4. The van der Waals surface area contributed by atoms with Gasteiger partial charge in [0.2, 0.25) is 0 Å². The number of anilines is 1. The molecule has 8 heteroatoms. The first-order valence-electron chi connectivity index (χ1n) is 9.54. The van der Waals surface area contributed by atoms with Crippen LogP contribution in [-0.4, -0.2) is 46.3 Å². The van der Waals surface area contributed by atoms with Crippen molar-refractivity contribution in [1.29, 1.82) is 0 Å². The molecular weight excluding hydrogens is 377 g/mol. The average molecular weight is 399 g/mol. The van der Waals surface area contributed by atoms with Gasteiger partial charge in [0.15, 0.2) is 5.82 Å². The topological polar surface area (TPSA) is 56.1 Å². The summed E-state index contributed by atoms with van der Waals surface area (Å²) in [6.45, 7) is 1.71. The lowest BCUT2D eigenvalue weighted by Gasteiger charge is -2.36. The van der Waals surface area contributed by atoms with Crippen LogP contribution < -0.4 is 4.90 Å². The highest BCUT2D eigenvalue weighted by atomic mass is 32.1. The number of ether oxygens (including phenoxy) is 1. The monoisotopic (exact) mass is 399 g/mol. The summed E-state index contributed by atoms with van der Waals surface area (Å²) in [5, 5.41) is 12.9. The highest BCUT2D eigenvalue weighted by Crippen LogP contribution is 2.43. The highest BCUT2D eigenvalue weighted by molar-refractivity contribution is 7.08. The van der Waals surface area contributed by atoms with E-state index in [1.54, 1.807) is 30.7 Å². The van der Waals surface area contributed by atoms with Gasteiger partial charge in [-0.25, -0.2) is 9.07 Å². The number of pyridine rings is 1. The summed E-state index contributed by atoms with van der Waals surface area (Å²) in [7, 11) is 1.77. The number of hydrogen-bond acceptors (Lipinski definition) is 6. The Kier molecular flexibility index (Phi) is 4.60. The molecule has 1 aliphatic heterocycles. The summed E-state index contributed by atoms with van der Waals surface area (Å²) in [6.07, 6.45) is 6.96. The second kappa shape index (κ2) is 7.25. The van der Waals surface area contributed by atoms with Gasteiger partial charge < -0.3 is 9.64 Å². The van der Waals surface area contributed by atoms with Crippen molar-refractivity contribution in [2.75, 3.05) is 25.1 Å². The second-order valence-electron chi connectivity index (χ2n) is 7.66. The molecule has 0 radical (unpaired) electrons. The first kappa shape index (κ1) is 17.8. The Hall–Kier alpha value is -2.32. The lowest BCUT2D eigenvalue weighted by molar-refractivity contribution is -0.00541. The summed E-state index contributed by atoms with van der Waals surface area (Å²) in [4.78, 5) is 6.02. The van der Waals surface area contributed by atoms with E-state index in [0.29, 0.717) is 17.5 Å². The number of hydrogen-bond donors (Lipinski definition) is 0. The van der Waals surface area contributed by atoms with Crippen molar-refractivity contribution < 1.29 is 9.13 Å². The Balaban J connectivity index is 1.37. The van der Waals surface area contributed by atoms with E-state index < -0.39 is 0 Å². The highest BCUT2D eigenvalue weighted by Gasteiger charge is 2.44. The van der Waals surface area contributed by atoms with E-state index in [0.717, 1.165) is 37.2 Å². The molecule has 0 amide bonds. The molecule has 0 unspecified atom stereocenters. The quantitative estimate of drug-likeness (QED) is 0.670. The number of nitrogens with zero attached hydrogens (tertiary/aromatic N) is 5. The Labute approximate surface area is 167 Å². The molecule has 4 heterocycles. The van der Waals surface area contributed by atoms with Crippen LogP contribution >= 0.6 is 11.3 Å². The normalized spacial score (nSPS) is 27.1. The van der Waals surface area contributed by atoms with Gasteiger partial charge in [-0.3, -0.25) is 4.98 Å². The maximum absolute atomic E-state index is 14.2. The van der Waals surface area contributed by atoms with E-state index in [1.807, 2.05) is 16.3 Å². The number of aromatic nitrogens is 4. The Morgan fingerprint density at radius 3 is 2.82 bits per heavy atom. The molecule has 1 saturated carbocycles. The van der Waals surface area contributed by atoms with Crippen molar-refractivity contribution >= 4 is 17.0 Å². The third-order valence-corrected chi connectivity index (χ3v) is 6.83. The Morgan fingerprint density at radius 2 is 2.07 bits per heavy atom. The number of methoxy groups -OCH3 is 1. The number of thiophene rings is 1. The molecule has 0 aromatic carbocycles. The zero-order valence-electron chi connectivity index (χ0n) is 15.6. The largest absolute Gasteiger partial charge is 0.379 e. The molecule has 0 N–H and O–H groups in total. The fraction of sp³-hybridized carbons (Fsp3) is 0.450. The van der Waals surface area contributed by atoms with Crippen LogP contribution in [0, 0.1) is 17.7 Å². The Morgan fingerprint density at radius 1 is 1.21 bits per heavy atom. The molecule has 6 nitrogen and oxygen atoms in total. The number of fused-ring (bicyclic) bond motifs is 1. The third-order valence-electron chi connectivity index (χ3n) is 6.15. The van der Waals surface area contributed by atoms with E-state index in [-0.39, 0.29) is 18.0 Å². The predicted octanol–water partition coefficient (Wildman–Crippen LogP) is 3.64. The van der Waals surface area contributed by atoms with Gasteiger partial charge in [0, 0.05) is 37.3 Å². The molecule has 1 saturated heterocycles. The van der Waals surface area contributed by atoms with Crippen LogP contribution in [0.5, 0.6) is 0 Å². The fourth-order valence-corrected chi connectivity index (χ4v) is 5.37. The molecule has 146 valence electrons. The second-order valence-corrected chi connectivity index (χ2v) is 8.44. The third kappa shape index (κ3) is 3.10. The van der Waals surface area contributed by atoms with Crippen molar-refractivity contribution in [3.8, 4) is 11.3 Å². The molecule has 3 aromatic heterocycles. The molecular formula is C20H22FN5OS. The van der Waals surface area contributed by atoms with Crippen molar-refractivity contribution in [2.45, 2.75) is 25.0 Å². The van der Waals surface area contributed by atoms with Crippen LogP contribution in [0.25, 0.3) is 11.3 Å². The van der Waals surface area contributed by atoms with E-state index in [1.165, 1.54) is 6.20 Å². The predicted molar refractivity (Wildman–Crippen MR) is 106 cm³/mol. The maximum atomic E-state index is 14.2. The lowest BCUT2D eigenvalue weighted by atomic mass is 9.77. The minimum absolute atomic E-state index is 0.0838. The number of halogens is 1. The van der Waals surface area contributed by atoms with Gasteiger partial charge in [0.25, 0.3) is 0 Å². The summed E-state index contributed by atoms with van der Waals surface area (Å²) < 4.78 is 22.0. The fourth-order valence-electron chi connectivity index (χ4n) is 4.72. The summed E-state index contributed by atoms with van der Waals surface area (Å²) in [6, 6.07) is 3.97. The summed E-state index contributed by atoms with van der Waals surface area (Å²) in [5.74, 6) is 0.726. The van der Waals surface area contributed by atoms with Crippen molar-refractivity contribution in [2.24, 2.45) is 11.8 Å². The van der Waals surface area contributed by atoms with Crippen LogP contribution in [0.15, 0.2) is 41.5 Å². The van der Waals surface area contributed by atoms with Crippen molar-refractivity contribution in [1.82, 2.24) is 20.0 Å². The van der Waals surface area contributed by atoms with E-state index in [4.69, 9.17) is 4.74 Å². The van der Waals surface area contributed by atoms with Crippen LogP contribution in [0.3, 0.4) is 0 Å². The van der Waals surface area contributed by atoms with Gasteiger partial charge in [-0.1, -0.05) is 5.21 Å². The van der Waals surface area contributed by atoms with Gasteiger partial charge in [-0.2, -0.15) is 11.3 Å². The zero-order valence-corrected chi connectivity index (χ0v) is 16.4. The molecule has 2 fully saturated rings. The van der Waals surface area contributed by atoms with Crippen LogP contribution in [0.4, 0.5) is 10.1 Å². The van der Waals surface area contributed by atoms with Crippen LogP contribution in [-0.2, 0) is 4.74 Å². The zero-order chi connectivity index (χ0) is 19.1. The minimum Gasteiger partial charge on any atom is -0.379 e. The van der Waals surface area contributed by atoms with Crippen LogP contribution in [0.2, 0.25) is 0 Å². The molecule has 5 rings (SSSR count). The summed E-state index contributed by atoms with van der Waals surface area (Å²) >= 11 is 1.65. The van der Waals surface area contributed by atoms with Gasteiger partial charge in [0.05, 0.1) is 30.2 Å². The maximum Gasteiger partial charge on any atom is 0.164 e. The van der Waals surface area contributed by atoms with Gasteiger partial charge in [-0.15, -0.1) is 5.10 Å². The molecule has 0 spiro atoms. The summed E-state index contributed by atoms with van der Waals surface area (Å²) in [5.41, 5.74) is 2.64. The molecule has 2 aliphatic rings. The van der Waals surface area contributed by atoms with Gasteiger partial charge in [0.1, 0.15) is 5.69 Å². The SMILES string of the molecule is CO[C@@H]1C[C@H]2CN(c3ccncc3F)C[C@H]2C[C@H]1n1cc(-c2ccsc2)nn1. The molecule has 28 heavy (non-hydrogen) atoms. The van der Waals surface area contributed by atoms with Crippen molar-refractivity contribution in [3.05, 3.63) is 47.3 Å². The van der Waals surface area contributed by atoms with Crippen LogP contribution in [0.1, 0.15) is 18.9 Å². The minimum atomic E-state index is -0.252. The van der Waals surface area contributed by atoms with Gasteiger partial charge >= 0.3 is 0 Å². The van der Waals surface area contributed by atoms with E-state index >= 15 is 0 Å². The molecule has 4 atom stereocenters. The molecule has 0 bridgehead atoms. The van der Waals surface area contributed by atoms with Gasteiger partial charge in [-0.05, 0) is 42.2 Å². The first-order chi connectivity index (χ1) is 13.7. The molecule has 3 aromatic rings. The smallest absolute Gasteiger partial charge is 0.164 e. The standard InChI is InChI=1S/C20H22FN5OS/c1-27-20-7-15-10-25(18-2-4-22-8-16(18)21)9-14(15)6-19(20)26-11-17(23-24-26)13-3-5-28-12-13/h2-5,8,11-12,14-15,19-20H,6-7,9-10H2,1H3/t14-,15+,19-,20-/m1/s1. The lowest BCUT2D eigenvalue weighted by Crippen LogP contribution is -2.37. The molecule has 1 aliphatic carbocycles. The van der Waals surface area contributed by atoms with E-state index in [9.17, 15) is 4.39 Å². The average Bonchev–Trinajstić information content (AvgIpc) is 3.46. The first-order valence-corrected chi connectivity index (χ1v) is 10.5.